The summed E-state index contributed by atoms with van der Waals surface area (Å²) in [5.74, 6) is 0. The van der Waals surface area contributed by atoms with E-state index in [1.54, 1.807) is 0 Å². The van der Waals surface area contributed by atoms with Crippen molar-refractivity contribution >= 4 is 0 Å². The highest BCUT2D eigenvalue weighted by Crippen LogP contribution is 2.07. The molecular weight excluding hydrogens is 222 g/mol. The normalized spacial score (nSPS) is 12.3. The number of rotatable bonds is 6. The highest BCUT2D eigenvalue weighted by atomic mass is 14.9. The molecule has 2 aromatic heterocycles. The van der Waals surface area contributed by atoms with Gasteiger partial charge in [-0.25, -0.2) is 0 Å². The van der Waals surface area contributed by atoms with E-state index in [2.05, 4.69) is 33.5 Å². The quantitative estimate of drug-likeness (QED) is 0.843. The topological polar surface area (TPSA) is 37.8 Å². The summed E-state index contributed by atoms with van der Waals surface area (Å²) < 4.78 is 0. The molecule has 94 valence electrons. The van der Waals surface area contributed by atoms with E-state index in [1.165, 1.54) is 5.56 Å². The SMILES string of the molecule is CNC(CCc1ccncc1)Cc1ccccn1. The van der Waals surface area contributed by atoms with E-state index in [0.29, 0.717) is 6.04 Å². The lowest BCUT2D eigenvalue weighted by atomic mass is 10.0. The van der Waals surface area contributed by atoms with Crippen molar-refractivity contribution in [3.05, 3.63) is 60.2 Å². The van der Waals surface area contributed by atoms with Crippen LogP contribution in [0.25, 0.3) is 0 Å². The van der Waals surface area contributed by atoms with Crippen molar-refractivity contribution in [2.24, 2.45) is 0 Å². The molecule has 0 saturated carbocycles. The van der Waals surface area contributed by atoms with Gasteiger partial charge in [-0.05, 0) is 49.7 Å². The number of nitrogens with one attached hydrogen (secondary N) is 1. The maximum Gasteiger partial charge on any atom is 0.0419 e. The fourth-order valence-electron chi connectivity index (χ4n) is 2.01. The number of nitrogens with zero attached hydrogens (tertiary/aromatic N) is 2. The molecule has 2 heterocycles. The molecule has 0 aliphatic carbocycles. The first-order valence-electron chi connectivity index (χ1n) is 6.34. The Balaban J connectivity index is 1.86. The zero-order chi connectivity index (χ0) is 12.6. The summed E-state index contributed by atoms with van der Waals surface area (Å²) in [7, 11) is 2.01. The molecule has 0 fully saturated rings. The first-order chi connectivity index (χ1) is 8.88. The predicted octanol–water partition coefficient (Wildman–Crippen LogP) is 2.24. The number of hydrogen-bond donors (Lipinski definition) is 1. The molecule has 1 unspecified atom stereocenters. The van der Waals surface area contributed by atoms with Crippen LogP contribution < -0.4 is 5.32 Å². The summed E-state index contributed by atoms with van der Waals surface area (Å²) in [5, 5.41) is 3.37. The Morgan fingerprint density at radius 3 is 2.61 bits per heavy atom. The third-order valence-electron chi connectivity index (χ3n) is 3.12. The molecule has 0 bridgehead atoms. The van der Waals surface area contributed by atoms with Gasteiger partial charge in [0.15, 0.2) is 0 Å². The largest absolute Gasteiger partial charge is 0.317 e. The third-order valence-corrected chi connectivity index (χ3v) is 3.12. The molecule has 1 atom stereocenters. The van der Waals surface area contributed by atoms with Crippen LogP contribution in [-0.4, -0.2) is 23.1 Å². The Morgan fingerprint density at radius 2 is 1.94 bits per heavy atom. The second-order valence-electron chi connectivity index (χ2n) is 4.40. The zero-order valence-corrected chi connectivity index (χ0v) is 10.7. The van der Waals surface area contributed by atoms with Gasteiger partial charge in [0.25, 0.3) is 0 Å². The number of likely N-dealkylation sites (N-methyl/N-ethyl adjacent to an activating group) is 1. The van der Waals surface area contributed by atoms with Crippen LogP contribution in [-0.2, 0) is 12.8 Å². The van der Waals surface area contributed by atoms with Gasteiger partial charge in [0.2, 0.25) is 0 Å². The molecule has 3 heteroatoms. The van der Waals surface area contributed by atoms with Gasteiger partial charge in [0.05, 0.1) is 0 Å². The first kappa shape index (κ1) is 12.7. The smallest absolute Gasteiger partial charge is 0.0419 e. The van der Waals surface area contributed by atoms with Gasteiger partial charge < -0.3 is 5.32 Å². The summed E-state index contributed by atoms with van der Waals surface area (Å²) >= 11 is 0. The molecule has 0 saturated heterocycles. The lowest BCUT2D eigenvalue weighted by Gasteiger charge is -2.15. The Bertz CT molecular complexity index is 442. The molecular formula is C15H19N3. The van der Waals surface area contributed by atoms with Crippen LogP contribution in [0.4, 0.5) is 0 Å². The van der Waals surface area contributed by atoms with Gasteiger partial charge >= 0.3 is 0 Å². The van der Waals surface area contributed by atoms with Gasteiger partial charge in [0, 0.05) is 36.7 Å². The fraction of sp³-hybridized carbons (Fsp3) is 0.333. The average Bonchev–Trinajstić information content (AvgIpc) is 2.45. The molecule has 0 radical (unpaired) electrons. The van der Waals surface area contributed by atoms with Crippen molar-refractivity contribution in [3.8, 4) is 0 Å². The van der Waals surface area contributed by atoms with Gasteiger partial charge in [-0.3, -0.25) is 9.97 Å². The van der Waals surface area contributed by atoms with Gasteiger partial charge in [-0.2, -0.15) is 0 Å². The van der Waals surface area contributed by atoms with Crippen molar-refractivity contribution in [2.45, 2.75) is 25.3 Å². The number of aryl methyl sites for hydroxylation is 1. The first-order valence-corrected chi connectivity index (χ1v) is 6.34. The molecule has 2 rings (SSSR count). The molecule has 2 aromatic rings. The van der Waals surface area contributed by atoms with E-state index in [1.807, 2.05) is 37.8 Å². The Hall–Kier alpha value is -1.74. The van der Waals surface area contributed by atoms with Crippen LogP contribution in [0.2, 0.25) is 0 Å². The van der Waals surface area contributed by atoms with Gasteiger partial charge in [0.1, 0.15) is 0 Å². The maximum atomic E-state index is 4.37. The second kappa shape index (κ2) is 6.87. The number of aromatic nitrogens is 2. The third kappa shape index (κ3) is 3.93. The van der Waals surface area contributed by atoms with Crippen molar-refractivity contribution < 1.29 is 0 Å². The molecule has 0 aromatic carbocycles. The summed E-state index contributed by atoms with van der Waals surface area (Å²) in [6.07, 6.45) is 8.70. The van der Waals surface area contributed by atoms with Crippen LogP contribution in [0, 0.1) is 0 Å². The average molecular weight is 241 g/mol. The summed E-state index contributed by atoms with van der Waals surface area (Å²) in [6, 6.07) is 10.7. The lowest BCUT2D eigenvalue weighted by Crippen LogP contribution is -2.28. The minimum atomic E-state index is 0.466. The van der Waals surface area contributed by atoms with E-state index in [-0.39, 0.29) is 0 Å². The van der Waals surface area contributed by atoms with Crippen molar-refractivity contribution in [1.82, 2.24) is 15.3 Å². The van der Waals surface area contributed by atoms with Crippen molar-refractivity contribution in [1.29, 1.82) is 0 Å². The Morgan fingerprint density at radius 1 is 1.11 bits per heavy atom. The van der Waals surface area contributed by atoms with Crippen LogP contribution in [0.5, 0.6) is 0 Å². The van der Waals surface area contributed by atoms with Crippen molar-refractivity contribution in [3.63, 3.8) is 0 Å². The summed E-state index contributed by atoms with van der Waals surface area (Å²) in [6.45, 7) is 0. The highest BCUT2D eigenvalue weighted by Gasteiger charge is 2.08. The van der Waals surface area contributed by atoms with Crippen LogP contribution in [0.15, 0.2) is 48.9 Å². The predicted molar refractivity (Wildman–Crippen MR) is 73.3 cm³/mol. The monoisotopic (exact) mass is 241 g/mol. The van der Waals surface area contributed by atoms with Crippen LogP contribution in [0.1, 0.15) is 17.7 Å². The van der Waals surface area contributed by atoms with E-state index >= 15 is 0 Å². The van der Waals surface area contributed by atoms with E-state index in [0.717, 1.165) is 25.0 Å². The molecule has 0 aliphatic heterocycles. The standard InChI is InChI=1S/C15H19N3/c1-16-14(12-15-4-2-3-9-18-15)6-5-13-7-10-17-11-8-13/h2-4,7-11,14,16H,5-6,12H2,1H3. The summed E-state index contributed by atoms with van der Waals surface area (Å²) in [5.41, 5.74) is 2.48. The maximum absolute atomic E-state index is 4.37. The van der Waals surface area contributed by atoms with E-state index < -0.39 is 0 Å². The van der Waals surface area contributed by atoms with Crippen LogP contribution >= 0.6 is 0 Å². The fourth-order valence-corrected chi connectivity index (χ4v) is 2.01. The zero-order valence-electron chi connectivity index (χ0n) is 10.7. The highest BCUT2D eigenvalue weighted by molar-refractivity contribution is 5.10. The molecule has 3 nitrogen and oxygen atoms in total. The number of pyridine rings is 2. The van der Waals surface area contributed by atoms with E-state index in [9.17, 15) is 0 Å². The van der Waals surface area contributed by atoms with Crippen molar-refractivity contribution in [2.75, 3.05) is 7.05 Å². The molecule has 18 heavy (non-hydrogen) atoms. The molecule has 0 spiro atoms. The Labute approximate surface area is 108 Å². The number of hydrogen-bond acceptors (Lipinski definition) is 3. The van der Waals surface area contributed by atoms with Gasteiger partial charge in [-0.1, -0.05) is 6.07 Å². The minimum absolute atomic E-state index is 0.466. The minimum Gasteiger partial charge on any atom is -0.317 e. The summed E-state index contributed by atoms with van der Waals surface area (Å²) in [4.78, 5) is 8.41. The molecule has 0 aliphatic rings. The second-order valence-corrected chi connectivity index (χ2v) is 4.40. The van der Waals surface area contributed by atoms with Gasteiger partial charge in [-0.15, -0.1) is 0 Å². The van der Waals surface area contributed by atoms with E-state index in [4.69, 9.17) is 0 Å². The molecule has 1 N–H and O–H groups in total. The lowest BCUT2D eigenvalue weighted by molar-refractivity contribution is 0.515. The molecule has 0 amide bonds. The Kier molecular flexibility index (Phi) is 4.85. The van der Waals surface area contributed by atoms with Crippen LogP contribution in [0.3, 0.4) is 0 Å².